The Morgan fingerprint density at radius 2 is 1.53 bits per heavy atom. The topological polar surface area (TPSA) is 54.3 Å². The van der Waals surface area contributed by atoms with Crippen LogP contribution in [0, 0.1) is 12.3 Å². The van der Waals surface area contributed by atoms with Crippen molar-refractivity contribution >= 4 is 44.6 Å². The highest BCUT2D eigenvalue weighted by atomic mass is 16.2. The molecule has 0 fully saturated rings. The van der Waals surface area contributed by atoms with Crippen molar-refractivity contribution in [1.29, 1.82) is 0 Å². The standard InChI is InChI=1S/C29H25N3O2/c1-3-4-16-31(2)17-18-32-19-24(22-13-7-8-15-25(22)32)27-26(28(33)30-29(27)34)23-14-9-11-20-10-5-6-12-21(20)23/h1,5-15,19H,4,16-18H2,2H3,(H,30,33,34). The van der Waals surface area contributed by atoms with Crippen molar-refractivity contribution in [3.8, 4) is 12.3 Å². The Hall–Kier alpha value is -4.14. The molecule has 1 N–H and O–H groups in total. The van der Waals surface area contributed by atoms with Gasteiger partial charge in [-0.1, -0.05) is 60.7 Å². The van der Waals surface area contributed by atoms with Gasteiger partial charge in [-0.05, 0) is 29.4 Å². The Bertz CT molecular complexity index is 1500. The molecule has 0 atom stereocenters. The molecule has 5 heteroatoms. The van der Waals surface area contributed by atoms with Crippen LogP contribution in [0.2, 0.25) is 0 Å². The summed E-state index contributed by atoms with van der Waals surface area (Å²) >= 11 is 0. The SMILES string of the molecule is C#CCCN(C)CCn1cc(C2=C(c3cccc4ccccc34)C(=O)NC2=O)c2ccccc21. The molecule has 0 spiro atoms. The number of nitrogens with one attached hydrogen (secondary N) is 1. The first kappa shape index (κ1) is 21.7. The van der Waals surface area contributed by atoms with Crippen LogP contribution >= 0.6 is 0 Å². The third kappa shape index (κ3) is 3.79. The molecule has 0 unspecified atom stereocenters. The summed E-state index contributed by atoms with van der Waals surface area (Å²) in [5.74, 6) is 1.96. The lowest BCUT2D eigenvalue weighted by molar-refractivity contribution is -0.122. The summed E-state index contributed by atoms with van der Waals surface area (Å²) in [4.78, 5) is 28.4. The number of terminal acetylenes is 1. The monoisotopic (exact) mass is 447 g/mol. The van der Waals surface area contributed by atoms with E-state index in [0.29, 0.717) is 17.6 Å². The lowest BCUT2D eigenvalue weighted by atomic mass is 9.92. The zero-order valence-corrected chi connectivity index (χ0v) is 19.0. The van der Waals surface area contributed by atoms with E-state index in [0.717, 1.165) is 52.4 Å². The van der Waals surface area contributed by atoms with Crippen LogP contribution < -0.4 is 5.32 Å². The van der Waals surface area contributed by atoms with E-state index in [1.807, 2.05) is 80.0 Å². The van der Waals surface area contributed by atoms with Crippen LogP contribution in [0.5, 0.6) is 0 Å². The molecule has 2 amide bonds. The molecule has 0 aliphatic carbocycles. The number of amides is 2. The van der Waals surface area contributed by atoms with Gasteiger partial charge in [0.25, 0.3) is 11.8 Å². The predicted molar refractivity (Wildman–Crippen MR) is 137 cm³/mol. The maximum Gasteiger partial charge on any atom is 0.259 e. The Kier molecular flexibility index (Phi) is 5.75. The number of rotatable bonds is 7. The molecule has 1 aliphatic heterocycles. The lowest BCUT2D eigenvalue weighted by Gasteiger charge is -2.15. The summed E-state index contributed by atoms with van der Waals surface area (Å²) in [6, 6.07) is 21.8. The van der Waals surface area contributed by atoms with Crippen LogP contribution in [0.15, 0.2) is 72.9 Å². The second kappa shape index (κ2) is 9.01. The molecular weight excluding hydrogens is 422 g/mol. The van der Waals surface area contributed by atoms with E-state index in [1.54, 1.807) is 0 Å². The number of carbonyl (C=O) groups excluding carboxylic acids is 2. The maximum absolute atomic E-state index is 13.1. The highest BCUT2D eigenvalue weighted by molar-refractivity contribution is 6.50. The van der Waals surface area contributed by atoms with E-state index in [2.05, 4.69) is 20.7 Å². The Labute approximate surface area is 198 Å². The van der Waals surface area contributed by atoms with Crippen molar-refractivity contribution < 1.29 is 9.59 Å². The number of hydrogen-bond acceptors (Lipinski definition) is 3. The summed E-state index contributed by atoms with van der Waals surface area (Å²) in [6.07, 6.45) is 8.10. The molecule has 5 rings (SSSR count). The smallest absolute Gasteiger partial charge is 0.259 e. The van der Waals surface area contributed by atoms with E-state index < -0.39 is 0 Å². The Balaban J connectivity index is 1.66. The molecule has 0 saturated heterocycles. The number of likely N-dealkylation sites (N-methyl/N-ethyl adjacent to an activating group) is 1. The second-order valence-electron chi connectivity index (χ2n) is 8.57. The summed E-state index contributed by atoms with van der Waals surface area (Å²) in [5, 5.41) is 5.46. The molecule has 168 valence electrons. The van der Waals surface area contributed by atoms with Gasteiger partial charge in [0, 0.05) is 48.7 Å². The van der Waals surface area contributed by atoms with Crippen LogP contribution in [0.1, 0.15) is 17.5 Å². The molecule has 0 bridgehead atoms. The molecule has 0 radical (unpaired) electrons. The van der Waals surface area contributed by atoms with Gasteiger partial charge in [-0.25, -0.2) is 0 Å². The molecule has 1 aromatic heterocycles. The molecular formula is C29H25N3O2. The van der Waals surface area contributed by atoms with Crippen molar-refractivity contribution in [2.45, 2.75) is 13.0 Å². The van der Waals surface area contributed by atoms with Gasteiger partial charge in [0.05, 0.1) is 11.1 Å². The number of fused-ring (bicyclic) bond motifs is 2. The van der Waals surface area contributed by atoms with Gasteiger partial charge in [-0.3, -0.25) is 14.9 Å². The van der Waals surface area contributed by atoms with Gasteiger partial charge in [0.1, 0.15) is 0 Å². The van der Waals surface area contributed by atoms with Gasteiger partial charge in [-0.2, -0.15) is 0 Å². The van der Waals surface area contributed by atoms with Crippen LogP contribution in [-0.4, -0.2) is 41.4 Å². The van der Waals surface area contributed by atoms with E-state index >= 15 is 0 Å². The molecule has 34 heavy (non-hydrogen) atoms. The minimum absolute atomic E-state index is 0.359. The summed E-state index contributed by atoms with van der Waals surface area (Å²) < 4.78 is 2.15. The first-order chi connectivity index (χ1) is 16.6. The molecule has 2 heterocycles. The van der Waals surface area contributed by atoms with Gasteiger partial charge < -0.3 is 9.47 Å². The summed E-state index contributed by atoms with van der Waals surface area (Å²) in [7, 11) is 2.05. The predicted octanol–water partition coefficient (Wildman–Crippen LogP) is 4.32. The average Bonchev–Trinajstić information content (AvgIpc) is 3.36. The molecule has 1 aliphatic rings. The Morgan fingerprint density at radius 3 is 2.32 bits per heavy atom. The van der Waals surface area contributed by atoms with Crippen molar-refractivity contribution in [2.24, 2.45) is 0 Å². The number of imide groups is 1. The normalized spacial score (nSPS) is 13.8. The molecule has 4 aromatic rings. The van der Waals surface area contributed by atoms with Gasteiger partial charge >= 0.3 is 0 Å². The van der Waals surface area contributed by atoms with E-state index in [-0.39, 0.29) is 11.8 Å². The van der Waals surface area contributed by atoms with E-state index in [9.17, 15) is 9.59 Å². The number of benzene rings is 3. The number of carbonyl (C=O) groups is 2. The summed E-state index contributed by atoms with van der Waals surface area (Å²) in [5.41, 5.74) is 3.42. The van der Waals surface area contributed by atoms with Crippen molar-refractivity contribution in [2.75, 3.05) is 20.1 Å². The first-order valence-corrected chi connectivity index (χ1v) is 11.4. The number of nitrogens with zero attached hydrogens (tertiary/aromatic N) is 2. The quantitative estimate of drug-likeness (QED) is 0.339. The highest BCUT2D eigenvalue weighted by Gasteiger charge is 2.34. The van der Waals surface area contributed by atoms with E-state index in [4.69, 9.17) is 6.42 Å². The third-order valence-electron chi connectivity index (χ3n) is 6.41. The lowest BCUT2D eigenvalue weighted by Crippen LogP contribution is -2.24. The zero-order valence-electron chi connectivity index (χ0n) is 19.0. The first-order valence-electron chi connectivity index (χ1n) is 11.4. The van der Waals surface area contributed by atoms with Crippen LogP contribution in [0.4, 0.5) is 0 Å². The van der Waals surface area contributed by atoms with Gasteiger partial charge in [0.15, 0.2) is 0 Å². The van der Waals surface area contributed by atoms with Gasteiger partial charge in [0.2, 0.25) is 0 Å². The fourth-order valence-corrected chi connectivity index (χ4v) is 4.69. The van der Waals surface area contributed by atoms with E-state index in [1.165, 1.54) is 0 Å². The van der Waals surface area contributed by atoms with Crippen LogP contribution in [0.3, 0.4) is 0 Å². The number of aromatic nitrogens is 1. The number of hydrogen-bond donors (Lipinski definition) is 1. The Morgan fingerprint density at radius 1 is 0.853 bits per heavy atom. The maximum atomic E-state index is 13.1. The average molecular weight is 448 g/mol. The molecule has 5 nitrogen and oxygen atoms in total. The minimum atomic E-state index is -0.359. The van der Waals surface area contributed by atoms with Crippen LogP contribution in [0.25, 0.3) is 32.8 Å². The fraction of sp³-hybridized carbons (Fsp3) is 0.172. The van der Waals surface area contributed by atoms with Crippen molar-refractivity contribution in [3.63, 3.8) is 0 Å². The molecule has 3 aromatic carbocycles. The van der Waals surface area contributed by atoms with Crippen molar-refractivity contribution in [1.82, 2.24) is 14.8 Å². The summed E-state index contributed by atoms with van der Waals surface area (Å²) in [6.45, 7) is 2.39. The number of para-hydroxylation sites is 1. The minimum Gasteiger partial charge on any atom is -0.346 e. The third-order valence-corrected chi connectivity index (χ3v) is 6.41. The van der Waals surface area contributed by atoms with Gasteiger partial charge in [-0.15, -0.1) is 12.3 Å². The van der Waals surface area contributed by atoms with Crippen LogP contribution in [-0.2, 0) is 16.1 Å². The zero-order chi connectivity index (χ0) is 23.7. The largest absolute Gasteiger partial charge is 0.346 e. The second-order valence-corrected chi connectivity index (χ2v) is 8.57. The highest BCUT2D eigenvalue weighted by Crippen LogP contribution is 2.38. The molecule has 0 saturated carbocycles. The fourth-order valence-electron chi connectivity index (χ4n) is 4.69. The van der Waals surface area contributed by atoms with Crippen molar-refractivity contribution in [3.05, 3.63) is 84.1 Å².